The largest absolute Gasteiger partial charge is 0.348 e. The Morgan fingerprint density at radius 2 is 1.85 bits per heavy atom. The first-order chi connectivity index (χ1) is 19.4. The molecule has 3 heterocycles. The molecule has 2 saturated heterocycles. The number of rotatable bonds is 7. The highest BCUT2D eigenvalue weighted by Crippen LogP contribution is 2.41. The zero-order chi connectivity index (χ0) is 27.8. The number of aliphatic imine (C=N–C) groups is 1. The number of benzene rings is 2. The number of carbonyl (C=O) groups is 1. The zero-order valence-electron chi connectivity index (χ0n) is 23.2. The number of halogens is 2. The van der Waals surface area contributed by atoms with Crippen molar-refractivity contribution < 1.29 is 9.18 Å². The molecule has 3 aliphatic heterocycles. The van der Waals surface area contributed by atoms with E-state index in [1.807, 2.05) is 25.1 Å². The summed E-state index contributed by atoms with van der Waals surface area (Å²) in [4.78, 5) is 25.3. The van der Waals surface area contributed by atoms with Gasteiger partial charge in [-0.3, -0.25) is 9.80 Å². The maximum absolute atomic E-state index is 13.4. The number of nitrogens with zero attached hydrogens (tertiary/aromatic N) is 4. The van der Waals surface area contributed by atoms with Gasteiger partial charge in [-0.15, -0.1) is 0 Å². The van der Waals surface area contributed by atoms with Crippen LogP contribution in [0.3, 0.4) is 0 Å². The Balaban J connectivity index is 1.11. The Labute approximate surface area is 241 Å². The van der Waals surface area contributed by atoms with Crippen LogP contribution < -0.4 is 10.2 Å². The number of anilines is 2. The number of aryl methyl sites for hydroxylation is 1. The van der Waals surface area contributed by atoms with Gasteiger partial charge in [0.05, 0.1) is 11.7 Å². The van der Waals surface area contributed by atoms with Gasteiger partial charge in [0.1, 0.15) is 11.7 Å². The van der Waals surface area contributed by atoms with Crippen LogP contribution >= 0.6 is 11.6 Å². The van der Waals surface area contributed by atoms with E-state index in [9.17, 15) is 9.18 Å². The lowest BCUT2D eigenvalue weighted by Crippen LogP contribution is -2.53. The van der Waals surface area contributed by atoms with E-state index in [1.54, 1.807) is 17.0 Å². The number of urea groups is 1. The third-order valence-electron chi connectivity index (χ3n) is 8.96. The van der Waals surface area contributed by atoms with E-state index >= 15 is 0 Å². The summed E-state index contributed by atoms with van der Waals surface area (Å²) in [7, 11) is 0. The van der Waals surface area contributed by atoms with Crippen molar-refractivity contribution in [2.75, 3.05) is 23.3 Å². The summed E-state index contributed by atoms with van der Waals surface area (Å²) in [6, 6.07) is 13.4. The summed E-state index contributed by atoms with van der Waals surface area (Å²) in [6.07, 6.45) is 13.3. The van der Waals surface area contributed by atoms with Crippen LogP contribution in [0.1, 0.15) is 51.0 Å². The Morgan fingerprint density at radius 3 is 2.58 bits per heavy atom. The van der Waals surface area contributed by atoms with Crippen LogP contribution in [-0.4, -0.2) is 58.9 Å². The molecular weight excluding hydrogens is 525 g/mol. The summed E-state index contributed by atoms with van der Waals surface area (Å²) in [6.45, 7) is 5.63. The first-order valence-corrected chi connectivity index (χ1v) is 14.8. The lowest BCUT2D eigenvalue weighted by molar-refractivity contribution is 0.0798. The van der Waals surface area contributed by atoms with E-state index in [0.717, 1.165) is 36.5 Å². The molecule has 1 aliphatic carbocycles. The first kappa shape index (κ1) is 27.0. The van der Waals surface area contributed by atoms with Crippen LogP contribution in [0.2, 0.25) is 5.02 Å². The van der Waals surface area contributed by atoms with Gasteiger partial charge in [-0.05, 0) is 100 Å². The van der Waals surface area contributed by atoms with Gasteiger partial charge in [0.15, 0.2) is 0 Å². The fourth-order valence-corrected chi connectivity index (χ4v) is 7.21. The summed E-state index contributed by atoms with van der Waals surface area (Å²) >= 11 is 6.44. The molecule has 1 N–H and O–H groups in total. The minimum Gasteiger partial charge on any atom is -0.348 e. The van der Waals surface area contributed by atoms with E-state index in [4.69, 9.17) is 16.6 Å². The standard InChI is InChI=1S/C32H37ClFN5O/c1-21-8-13-27(20-29(21)33)38(32(40)36-24-11-9-23(34)10-12-24)17-5-16-37-25-14-15-26(37)19-28(18-25)39-22(2)35-30-6-3-4-7-31(30)39/h3-4,6,8-13,20,25-26,28,31H,5,7,14-19H2,1-2H3,(H,36,40)/t25-,26+,28?,31?. The minimum atomic E-state index is -0.335. The monoisotopic (exact) mass is 561 g/mol. The highest BCUT2D eigenvalue weighted by molar-refractivity contribution is 6.31. The van der Waals surface area contributed by atoms with Crippen molar-refractivity contribution in [2.45, 2.75) is 76.5 Å². The molecule has 6 rings (SSSR count). The zero-order valence-corrected chi connectivity index (χ0v) is 23.9. The SMILES string of the molecule is CC1=NC2=CC=CCC2N1C1C[C@H]2CC[C@@H](C1)N2CCCN(C(=O)Nc1ccc(F)cc1)c1ccc(C)c(Cl)c1. The number of hydrogen-bond donors (Lipinski definition) is 1. The summed E-state index contributed by atoms with van der Waals surface area (Å²) in [5.41, 5.74) is 3.49. The summed E-state index contributed by atoms with van der Waals surface area (Å²) in [5, 5.41) is 3.55. The number of carbonyl (C=O) groups excluding carboxylic acids is 1. The van der Waals surface area contributed by atoms with Crippen molar-refractivity contribution in [3.63, 3.8) is 0 Å². The minimum absolute atomic E-state index is 0.248. The van der Waals surface area contributed by atoms with Gasteiger partial charge in [0.25, 0.3) is 0 Å². The Bertz CT molecular complexity index is 1340. The van der Waals surface area contributed by atoms with E-state index in [2.05, 4.69) is 40.3 Å². The lowest BCUT2D eigenvalue weighted by Gasteiger charge is -2.45. The number of hydrogen-bond acceptors (Lipinski definition) is 4. The number of fused-ring (bicyclic) bond motifs is 3. The topological polar surface area (TPSA) is 51.2 Å². The molecule has 2 unspecified atom stereocenters. The van der Waals surface area contributed by atoms with Gasteiger partial charge in [-0.2, -0.15) is 0 Å². The number of amides is 2. The van der Waals surface area contributed by atoms with Crippen molar-refractivity contribution in [2.24, 2.45) is 4.99 Å². The molecule has 8 heteroatoms. The molecule has 2 amide bonds. The molecule has 2 aromatic carbocycles. The predicted molar refractivity (Wildman–Crippen MR) is 161 cm³/mol. The second-order valence-electron chi connectivity index (χ2n) is 11.5. The molecule has 40 heavy (non-hydrogen) atoms. The Kier molecular flexibility index (Phi) is 7.69. The normalized spacial score (nSPS) is 25.4. The molecule has 0 aromatic heterocycles. The third kappa shape index (κ3) is 5.41. The van der Waals surface area contributed by atoms with Crippen LogP contribution in [0.25, 0.3) is 0 Å². The van der Waals surface area contributed by atoms with E-state index in [0.29, 0.717) is 41.4 Å². The summed E-state index contributed by atoms with van der Waals surface area (Å²) < 4.78 is 13.4. The maximum atomic E-state index is 13.4. The van der Waals surface area contributed by atoms with Crippen molar-refractivity contribution in [1.29, 1.82) is 0 Å². The number of allylic oxidation sites excluding steroid dienone is 2. The fraction of sp³-hybridized carbons (Fsp3) is 0.438. The summed E-state index contributed by atoms with van der Waals surface area (Å²) in [5.74, 6) is 0.829. The first-order valence-electron chi connectivity index (χ1n) is 14.4. The van der Waals surface area contributed by atoms with Crippen LogP contribution in [0.15, 0.2) is 71.4 Å². The molecule has 4 aliphatic rings. The van der Waals surface area contributed by atoms with Crippen molar-refractivity contribution in [3.05, 3.63) is 82.8 Å². The van der Waals surface area contributed by atoms with Gasteiger partial charge >= 0.3 is 6.03 Å². The van der Waals surface area contributed by atoms with Crippen LogP contribution in [0, 0.1) is 12.7 Å². The van der Waals surface area contributed by atoms with Crippen LogP contribution in [0.5, 0.6) is 0 Å². The molecule has 210 valence electrons. The van der Waals surface area contributed by atoms with Crippen LogP contribution in [0.4, 0.5) is 20.6 Å². The number of nitrogens with one attached hydrogen (secondary N) is 1. The number of piperidine rings is 1. The maximum Gasteiger partial charge on any atom is 0.326 e. The molecular formula is C32H37ClFN5O. The van der Waals surface area contributed by atoms with Crippen molar-refractivity contribution in [3.8, 4) is 0 Å². The van der Waals surface area contributed by atoms with Crippen molar-refractivity contribution >= 4 is 34.8 Å². The molecule has 0 radical (unpaired) electrons. The molecule has 0 saturated carbocycles. The highest BCUT2D eigenvalue weighted by atomic mass is 35.5. The lowest BCUT2D eigenvalue weighted by atomic mass is 9.93. The van der Waals surface area contributed by atoms with E-state index < -0.39 is 0 Å². The van der Waals surface area contributed by atoms with E-state index in [-0.39, 0.29) is 11.8 Å². The van der Waals surface area contributed by atoms with Crippen LogP contribution in [-0.2, 0) is 0 Å². The van der Waals surface area contributed by atoms with Gasteiger partial charge in [-0.25, -0.2) is 14.2 Å². The second-order valence-corrected chi connectivity index (χ2v) is 11.9. The Hall–Kier alpha value is -3.16. The second kappa shape index (κ2) is 11.4. The smallest absolute Gasteiger partial charge is 0.326 e. The molecule has 4 atom stereocenters. The highest BCUT2D eigenvalue weighted by Gasteiger charge is 2.45. The van der Waals surface area contributed by atoms with Gasteiger partial charge < -0.3 is 10.2 Å². The quantitative estimate of drug-likeness (QED) is 0.390. The average Bonchev–Trinajstić information content (AvgIpc) is 3.39. The van der Waals surface area contributed by atoms with Crippen molar-refractivity contribution in [1.82, 2.24) is 9.80 Å². The number of amidine groups is 1. The van der Waals surface area contributed by atoms with E-state index in [1.165, 1.54) is 43.5 Å². The average molecular weight is 562 g/mol. The van der Waals surface area contributed by atoms with Gasteiger partial charge in [-0.1, -0.05) is 29.8 Å². The molecule has 6 nitrogen and oxygen atoms in total. The predicted octanol–water partition coefficient (Wildman–Crippen LogP) is 7.16. The molecule has 0 spiro atoms. The van der Waals surface area contributed by atoms with Gasteiger partial charge in [0.2, 0.25) is 0 Å². The Morgan fingerprint density at radius 1 is 1.10 bits per heavy atom. The molecule has 2 bridgehead atoms. The third-order valence-corrected chi connectivity index (χ3v) is 9.37. The molecule has 2 aromatic rings. The fourth-order valence-electron chi connectivity index (χ4n) is 7.03. The van der Waals surface area contributed by atoms with Gasteiger partial charge in [0, 0.05) is 47.6 Å². The molecule has 2 fully saturated rings.